The maximum absolute atomic E-state index is 5.25. The van der Waals surface area contributed by atoms with Gasteiger partial charge in [-0.3, -0.25) is 9.98 Å². The van der Waals surface area contributed by atoms with E-state index in [2.05, 4.69) is 110 Å². The molecule has 0 amide bonds. The second-order valence-electron chi connectivity index (χ2n) is 11.2. The minimum Gasteiger partial charge on any atom is -0.253 e. The first-order chi connectivity index (χ1) is 17.1. The van der Waals surface area contributed by atoms with E-state index in [1.807, 2.05) is 0 Å². The van der Waals surface area contributed by atoms with Gasteiger partial charge in [-0.1, -0.05) is 0 Å². The quantitative estimate of drug-likeness (QED) is 0.292. The molecule has 0 aliphatic heterocycles. The Labute approximate surface area is 244 Å². The summed E-state index contributed by atoms with van der Waals surface area (Å²) in [6.07, 6.45) is 0. The van der Waals surface area contributed by atoms with E-state index in [1.165, 1.54) is 83.5 Å². The van der Waals surface area contributed by atoms with Gasteiger partial charge in [-0.15, -0.1) is 0 Å². The van der Waals surface area contributed by atoms with Crippen LogP contribution < -0.4 is 0 Å². The Morgan fingerprint density at radius 1 is 0.368 bits per heavy atom. The summed E-state index contributed by atoms with van der Waals surface area (Å²) in [4.78, 5) is 10.5. The zero-order valence-corrected chi connectivity index (χ0v) is 27.8. The van der Waals surface area contributed by atoms with Crippen LogP contribution >= 0.6 is 0 Å². The van der Waals surface area contributed by atoms with Gasteiger partial charge in [-0.2, -0.15) is 0 Å². The summed E-state index contributed by atoms with van der Waals surface area (Å²) in [6, 6.07) is 2.31. The van der Waals surface area contributed by atoms with Gasteiger partial charge in [0, 0.05) is 30.0 Å². The molecule has 0 saturated heterocycles. The molecular weight excluding hydrogens is 499 g/mol. The van der Waals surface area contributed by atoms with Crippen molar-refractivity contribution in [3.05, 3.63) is 89.5 Å². The molecule has 0 saturated carbocycles. The van der Waals surface area contributed by atoms with E-state index in [1.54, 1.807) is 0 Å². The van der Waals surface area contributed by atoms with E-state index in [0.717, 1.165) is 22.8 Å². The predicted octanol–water partition coefficient (Wildman–Crippen LogP) is 9.97. The predicted molar refractivity (Wildman–Crippen MR) is 165 cm³/mol. The summed E-state index contributed by atoms with van der Waals surface area (Å²) in [7, 11) is 0. The van der Waals surface area contributed by atoms with E-state index < -0.39 is 0 Å². The maximum Gasteiger partial charge on any atom is 0.0696 e. The third-order valence-electron chi connectivity index (χ3n) is 9.48. The molecule has 3 aromatic carbocycles. The monoisotopic (exact) mass is 545 g/mol. The van der Waals surface area contributed by atoms with E-state index in [4.69, 9.17) is 9.98 Å². The minimum atomic E-state index is 0. The van der Waals surface area contributed by atoms with Crippen LogP contribution in [0, 0.1) is 90.0 Å². The van der Waals surface area contributed by atoms with Gasteiger partial charge in [0.1, 0.15) is 0 Å². The van der Waals surface area contributed by atoms with Crippen molar-refractivity contribution in [3.8, 4) is 0 Å². The molecule has 0 heterocycles. The zero-order valence-electron chi connectivity index (χ0n) is 26.4. The van der Waals surface area contributed by atoms with Gasteiger partial charge < -0.3 is 0 Å². The average molecular weight is 546 g/mol. The Bertz CT molecular complexity index is 1330. The smallest absolute Gasteiger partial charge is 0.0696 e. The van der Waals surface area contributed by atoms with Gasteiger partial charge in [0.15, 0.2) is 0 Å². The minimum absolute atomic E-state index is 0. The molecule has 0 bridgehead atoms. The Morgan fingerprint density at radius 3 is 0.842 bits per heavy atom. The van der Waals surface area contributed by atoms with Crippen LogP contribution in [0.2, 0.25) is 0 Å². The second kappa shape index (κ2) is 11.8. The van der Waals surface area contributed by atoms with Crippen molar-refractivity contribution >= 4 is 22.8 Å². The largest absolute Gasteiger partial charge is 0.253 e. The molecule has 3 rings (SSSR count). The van der Waals surface area contributed by atoms with Gasteiger partial charge in [-0.25, -0.2) is 0 Å². The molecule has 0 unspecified atom stereocenters. The van der Waals surface area contributed by atoms with Crippen LogP contribution in [0.15, 0.2) is 16.1 Å². The average Bonchev–Trinajstić information content (AvgIpc) is 2.87. The first kappa shape index (κ1) is 31.8. The fourth-order valence-electron chi connectivity index (χ4n) is 5.55. The van der Waals surface area contributed by atoms with Crippen molar-refractivity contribution in [1.82, 2.24) is 0 Å². The van der Waals surface area contributed by atoms with Crippen LogP contribution in [0.3, 0.4) is 0 Å². The molecule has 3 heteroatoms. The van der Waals surface area contributed by atoms with Crippen molar-refractivity contribution < 1.29 is 18.6 Å². The van der Waals surface area contributed by atoms with Crippen molar-refractivity contribution in [2.24, 2.45) is 9.98 Å². The number of aliphatic imine (C=N–C) groups is 2. The first-order valence-corrected chi connectivity index (χ1v) is 13.5. The van der Waals surface area contributed by atoms with Gasteiger partial charge in [0.2, 0.25) is 0 Å². The van der Waals surface area contributed by atoms with Gasteiger partial charge in [-0.05, 0) is 193 Å². The molecule has 0 aliphatic rings. The number of benzene rings is 3. The van der Waals surface area contributed by atoms with E-state index in [0.29, 0.717) is 0 Å². The Balaban J connectivity index is 0.00000507. The molecular formula is C35H46N2V. The first-order valence-electron chi connectivity index (χ1n) is 13.5. The topological polar surface area (TPSA) is 24.7 Å². The summed E-state index contributed by atoms with van der Waals surface area (Å²) in [5.74, 6) is 0. The molecule has 1 radical (unpaired) electrons. The molecule has 0 N–H and O–H groups in total. The molecule has 38 heavy (non-hydrogen) atoms. The molecule has 2 nitrogen and oxygen atoms in total. The standard InChI is InChI=1S/C35H46N2.V/c1-17-19(3)26(10)34(27(11)20(17)4)36-30(14)32-16-33(25(9)23(7)24(32)8)31(15)37-35-28(12)21(5)18(2)22(6)29(35)13;/h16H,1-15H3;. The summed E-state index contributed by atoms with van der Waals surface area (Å²) >= 11 is 0. The van der Waals surface area contributed by atoms with Crippen LogP contribution in [-0.2, 0) is 18.6 Å². The van der Waals surface area contributed by atoms with Crippen LogP contribution in [0.4, 0.5) is 11.4 Å². The molecule has 0 spiro atoms. The molecule has 0 fully saturated rings. The van der Waals surface area contributed by atoms with Crippen LogP contribution in [0.25, 0.3) is 0 Å². The normalized spacial score (nSPS) is 12.2. The molecule has 0 aromatic heterocycles. The molecule has 3 aromatic rings. The molecule has 201 valence electrons. The summed E-state index contributed by atoms with van der Waals surface area (Å²) < 4.78 is 0. The van der Waals surface area contributed by atoms with Crippen molar-refractivity contribution in [2.75, 3.05) is 0 Å². The van der Waals surface area contributed by atoms with E-state index in [-0.39, 0.29) is 18.6 Å². The summed E-state index contributed by atoms with van der Waals surface area (Å²) in [6.45, 7) is 33.1. The fraction of sp³-hybridized carbons (Fsp3) is 0.429. The van der Waals surface area contributed by atoms with E-state index in [9.17, 15) is 0 Å². The maximum atomic E-state index is 5.25. The number of hydrogen-bond donors (Lipinski definition) is 0. The van der Waals surface area contributed by atoms with Crippen LogP contribution in [-0.4, -0.2) is 11.4 Å². The zero-order chi connectivity index (χ0) is 28.1. The van der Waals surface area contributed by atoms with Crippen molar-refractivity contribution in [3.63, 3.8) is 0 Å². The van der Waals surface area contributed by atoms with Crippen molar-refractivity contribution in [1.29, 1.82) is 0 Å². The fourth-order valence-corrected chi connectivity index (χ4v) is 5.55. The summed E-state index contributed by atoms with van der Waals surface area (Å²) in [5.41, 5.74) is 23.8. The Kier molecular flexibility index (Phi) is 9.84. The SMILES string of the molecule is CC(=Nc1c(C)c(C)c(C)c(C)c1C)c1cc(C(C)=Nc2c(C)c(C)c(C)c(C)c2C)c(C)c(C)c1C.[V]. The third-order valence-corrected chi connectivity index (χ3v) is 9.48. The Hall–Kier alpha value is -2.42. The van der Waals surface area contributed by atoms with Crippen LogP contribution in [0.1, 0.15) is 97.3 Å². The number of rotatable bonds is 4. The Morgan fingerprint density at radius 2 is 0.579 bits per heavy atom. The van der Waals surface area contributed by atoms with Crippen LogP contribution in [0.5, 0.6) is 0 Å². The molecule has 0 aliphatic carbocycles. The number of nitrogens with zero attached hydrogens (tertiary/aromatic N) is 2. The van der Waals surface area contributed by atoms with Crippen molar-refractivity contribution in [2.45, 2.75) is 104 Å². The third kappa shape index (κ3) is 5.36. The van der Waals surface area contributed by atoms with Gasteiger partial charge in [0.05, 0.1) is 11.4 Å². The number of hydrogen-bond acceptors (Lipinski definition) is 2. The second-order valence-corrected chi connectivity index (χ2v) is 11.2. The van der Waals surface area contributed by atoms with Gasteiger partial charge >= 0.3 is 0 Å². The van der Waals surface area contributed by atoms with E-state index >= 15 is 0 Å². The summed E-state index contributed by atoms with van der Waals surface area (Å²) in [5, 5.41) is 0. The molecule has 0 atom stereocenters. The van der Waals surface area contributed by atoms with Gasteiger partial charge in [0.25, 0.3) is 0 Å².